The fourth-order valence-corrected chi connectivity index (χ4v) is 4.10. The number of Topliss-reactive ketones (excluding diaryl/α,β-unsaturated/α-hetero) is 1. The molecule has 2 heterocycles. The Kier molecular flexibility index (Phi) is 6.34. The Morgan fingerprint density at radius 3 is 2.46 bits per heavy atom. The van der Waals surface area contributed by atoms with Gasteiger partial charge in [-0.3, -0.25) is 4.79 Å². The van der Waals surface area contributed by atoms with E-state index in [4.69, 9.17) is 18.9 Å². The SMILES string of the molecule is COc1cccc(CC(=O)Cc2ccc(Nc3ncnc4cc(OC)c5c(c34)OCCO5)cc2)c1. The van der Waals surface area contributed by atoms with Crippen LogP contribution in [0.4, 0.5) is 11.5 Å². The number of carbonyl (C=O) groups is 1. The Labute approximate surface area is 202 Å². The van der Waals surface area contributed by atoms with Crippen molar-refractivity contribution in [3.8, 4) is 23.0 Å². The fourth-order valence-electron chi connectivity index (χ4n) is 4.10. The molecule has 8 heteroatoms. The van der Waals surface area contributed by atoms with E-state index in [1.165, 1.54) is 6.33 Å². The molecule has 178 valence electrons. The summed E-state index contributed by atoms with van der Waals surface area (Å²) >= 11 is 0. The first-order valence-corrected chi connectivity index (χ1v) is 11.3. The van der Waals surface area contributed by atoms with Gasteiger partial charge in [0.15, 0.2) is 11.5 Å². The van der Waals surface area contributed by atoms with Crippen LogP contribution in [0.1, 0.15) is 11.1 Å². The molecule has 1 aliphatic rings. The molecular weight excluding hydrogens is 446 g/mol. The third-order valence-corrected chi connectivity index (χ3v) is 5.75. The van der Waals surface area contributed by atoms with Gasteiger partial charge in [-0.1, -0.05) is 24.3 Å². The summed E-state index contributed by atoms with van der Waals surface area (Å²) in [6.45, 7) is 0.880. The number of nitrogens with one attached hydrogen (secondary N) is 1. The van der Waals surface area contributed by atoms with Crippen LogP contribution < -0.4 is 24.3 Å². The van der Waals surface area contributed by atoms with Crippen molar-refractivity contribution >= 4 is 28.2 Å². The summed E-state index contributed by atoms with van der Waals surface area (Å²) in [5.41, 5.74) is 3.39. The second-order valence-corrected chi connectivity index (χ2v) is 8.12. The summed E-state index contributed by atoms with van der Waals surface area (Å²) in [4.78, 5) is 21.4. The summed E-state index contributed by atoms with van der Waals surface area (Å²) in [6.07, 6.45) is 2.21. The van der Waals surface area contributed by atoms with Crippen LogP contribution in [0.3, 0.4) is 0 Å². The molecule has 0 bridgehead atoms. The van der Waals surface area contributed by atoms with Crippen LogP contribution in [-0.4, -0.2) is 43.2 Å². The predicted octanol–water partition coefficient (Wildman–Crippen LogP) is 4.52. The third-order valence-electron chi connectivity index (χ3n) is 5.75. The van der Waals surface area contributed by atoms with Gasteiger partial charge >= 0.3 is 0 Å². The van der Waals surface area contributed by atoms with E-state index in [-0.39, 0.29) is 5.78 Å². The largest absolute Gasteiger partial charge is 0.497 e. The first kappa shape index (κ1) is 22.5. The van der Waals surface area contributed by atoms with Crippen molar-refractivity contribution in [2.75, 3.05) is 32.8 Å². The topological polar surface area (TPSA) is 91.8 Å². The van der Waals surface area contributed by atoms with Crippen molar-refractivity contribution in [1.82, 2.24) is 9.97 Å². The Bertz CT molecular complexity index is 1370. The number of ether oxygens (including phenoxy) is 4. The molecule has 0 saturated carbocycles. The van der Waals surface area contributed by atoms with Gasteiger partial charge in [0.2, 0.25) is 5.75 Å². The first-order chi connectivity index (χ1) is 17.1. The highest BCUT2D eigenvalue weighted by Gasteiger charge is 2.24. The normalized spacial score (nSPS) is 12.3. The number of carbonyl (C=O) groups excluding carboxylic acids is 1. The molecule has 0 unspecified atom stereocenters. The highest BCUT2D eigenvalue weighted by atomic mass is 16.6. The van der Waals surface area contributed by atoms with Crippen LogP contribution in [0.25, 0.3) is 10.9 Å². The second-order valence-electron chi connectivity index (χ2n) is 8.12. The van der Waals surface area contributed by atoms with Crippen LogP contribution in [0.5, 0.6) is 23.0 Å². The lowest BCUT2D eigenvalue weighted by Crippen LogP contribution is -2.16. The van der Waals surface area contributed by atoms with Crippen LogP contribution in [0.2, 0.25) is 0 Å². The van der Waals surface area contributed by atoms with E-state index in [9.17, 15) is 4.79 Å². The smallest absolute Gasteiger partial charge is 0.204 e. The summed E-state index contributed by atoms with van der Waals surface area (Å²) < 4.78 is 22.4. The number of nitrogens with zero attached hydrogens (tertiary/aromatic N) is 2. The van der Waals surface area contributed by atoms with Gasteiger partial charge in [0, 0.05) is 24.6 Å². The molecule has 0 amide bonds. The van der Waals surface area contributed by atoms with Gasteiger partial charge in [0.05, 0.1) is 25.1 Å². The van der Waals surface area contributed by atoms with Gasteiger partial charge < -0.3 is 24.3 Å². The first-order valence-electron chi connectivity index (χ1n) is 11.3. The maximum absolute atomic E-state index is 12.6. The van der Waals surface area contributed by atoms with Crippen molar-refractivity contribution in [2.45, 2.75) is 12.8 Å². The van der Waals surface area contributed by atoms with Crippen LogP contribution in [0, 0.1) is 0 Å². The average Bonchev–Trinajstić information content (AvgIpc) is 2.89. The quantitative estimate of drug-likeness (QED) is 0.401. The highest BCUT2D eigenvalue weighted by molar-refractivity contribution is 5.99. The molecule has 3 aromatic carbocycles. The maximum atomic E-state index is 12.6. The number of hydrogen-bond donors (Lipinski definition) is 1. The van der Waals surface area contributed by atoms with Crippen molar-refractivity contribution < 1.29 is 23.7 Å². The van der Waals surface area contributed by atoms with Crippen molar-refractivity contribution in [3.05, 3.63) is 72.1 Å². The Morgan fingerprint density at radius 1 is 0.914 bits per heavy atom. The van der Waals surface area contributed by atoms with E-state index in [0.717, 1.165) is 28.0 Å². The molecule has 1 aliphatic heterocycles. The number of benzene rings is 3. The molecule has 5 rings (SSSR count). The second kappa shape index (κ2) is 9.89. The molecule has 0 spiro atoms. The molecule has 0 fully saturated rings. The van der Waals surface area contributed by atoms with E-state index in [1.807, 2.05) is 54.6 Å². The Balaban J connectivity index is 1.33. The van der Waals surface area contributed by atoms with Gasteiger partial charge in [0.1, 0.15) is 36.9 Å². The summed E-state index contributed by atoms with van der Waals surface area (Å²) in [6, 6.07) is 17.1. The van der Waals surface area contributed by atoms with Crippen LogP contribution in [-0.2, 0) is 17.6 Å². The molecule has 4 aromatic rings. The van der Waals surface area contributed by atoms with E-state index in [1.54, 1.807) is 14.2 Å². The summed E-state index contributed by atoms with van der Waals surface area (Å²) in [5, 5.41) is 4.06. The van der Waals surface area contributed by atoms with Gasteiger partial charge in [-0.15, -0.1) is 0 Å². The fraction of sp³-hybridized carbons (Fsp3) is 0.222. The van der Waals surface area contributed by atoms with Crippen molar-refractivity contribution in [2.24, 2.45) is 0 Å². The zero-order valence-electron chi connectivity index (χ0n) is 19.5. The number of fused-ring (bicyclic) bond motifs is 3. The zero-order valence-corrected chi connectivity index (χ0v) is 19.5. The summed E-state index contributed by atoms with van der Waals surface area (Å²) in [7, 11) is 3.20. The van der Waals surface area contributed by atoms with E-state index < -0.39 is 0 Å². The number of hydrogen-bond acceptors (Lipinski definition) is 8. The molecule has 35 heavy (non-hydrogen) atoms. The maximum Gasteiger partial charge on any atom is 0.204 e. The molecule has 1 N–H and O–H groups in total. The van der Waals surface area contributed by atoms with Gasteiger partial charge in [-0.2, -0.15) is 0 Å². The highest BCUT2D eigenvalue weighted by Crippen LogP contribution is 2.46. The van der Waals surface area contributed by atoms with Gasteiger partial charge in [0.25, 0.3) is 0 Å². The number of anilines is 2. The molecule has 0 saturated heterocycles. The minimum Gasteiger partial charge on any atom is -0.497 e. The van der Waals surface area contributed by atoms with Gasteiger partial charge in [-0.05, 0) is 35.4 Å². The van der Waals surface area contributed by atoms with Gasteiger partial charge in [-0.25, -0.2) is 9.97 Å². The minimum atomic E-state index is 0.137. The monoisotopic (exact) mass is 471 g/mol. The van der Waals surface area contributed by atoms with Crippen molar-refractivity contribution in [1.29, 1.82) is 0 Å². The van der Waals surface area contributed by atoms with E-state index in [2.05, 4.69) is 15.3 Å². The predicted molar refractivity (Wildman–Crippen MR) is 132 cm³/mol. The lowest BCUT2D eigenvalue weighted by Gasteiger charge is -2.22. The number of aromatic nitrogens is 2. The molecule has 1 aromatic heterocycles. The number of methoxy groups -OCH3 is 2. The Hall–Kier alpha value is -4.33. The van der Waals surface area contributed by atoms with E-state index in [0.29, 0.717) is 54.6 Å². The van der Waals surface area contributed by atoms with E-state index >= 15 is 0 Å². The number of ketones is 1. The minimum absolute atomic E-state index is 0.137. The molecule has 0 aliphatic carbocycles. The number of rotatable bonds is 8. The van der Waals surface area contributed by atoms with Crippen LogP contribution >= 0.6 is 0 Å². The zero-order chi connectivity index (χ0) is 24.2. The third kappa shape index (κ3) is 4.82. The Morgan fingerprint density at radius 2 is 1.69 bits per heavy atom. The van der Waals surface area contributed by atoms with Crippen molar-refractivity contribution in [3.63, 3.8) is 0 Å². The lowest BCUT2D eigenvalue weighted by molar-refractivity contribution is -0.117. The standard InChI is InChI=1S/C27H25N3O5/c1-32-21-5-3-4-18(14-21)13-20(31)12-17-6-8-19(9-7-17)30-27-24-22(28-16-29-27)15-23(33-2)25-26(24)35-11-10-34-25/h3-9,14-16H,10-13H2,1-2H3,(H,28,29,30). The molecular formula is C27H25N3O5. The lowest BCUT2D eigenvalue weighted by atomic mass is 10.0. The molecule has 0 atom stereocenters. The van der Waals surface area contributed by atoms with Crippen LogP contribution in [0.15, 0.2) is 60.9 Å². The molecule has 8 nitrogen and oxygen atoms in total. The molecule has 0 radical (unpaired) electrons. The average molecular weight is 472 g/mol. The summed E-state index contributed by atoms with van der Waals surface area (Å²) in [5.74, 6) is 3.17.